The molecule has 0 spiro atoms. The first-order valence-electron chi connectivity index (χ1n) is 11.2. The smallest absolute Gasteiger partial charge is 0.270 e. The van der Waals surface area contributed by atoms with E-state index in [0.717, 1.165) is 49.8 Å². The molecule has 168 valence electrons. The van der Waals surface area contributed by atoms with Crippen molar-refractivity contribution in [3.8, 4) is 6.07 Å². The summed E-state index contributed by atoms with van der Waals surface area (Å²) in [5.41, 5.74) is 2.37. The minimum absolute atomic E-state index is 0.0625. The monoisotopic (exact) mass is 442 g/mol. The Kier molecular flexibility index (Phi) is 5.52. The fourth-order valence-electron chi connectivity index (χ4n) is 4.52. The van der Waals surface area contributed by atoms with Crippen LogP contribution in [0.1, 0.15) is 37.3 Å². The van der Waals surface area contributed by atoms with Crippen LogP contribution in [0.2, 0.25) is 0 Å². The number of aromatic nitrogens is 5. The minimum Gasteiger partial charge on any atom is -0.345 e. The Morgan fingerprint density at radius 1 is 1.21 bits per heavy atom. The molecule has 33 heavy (non-hydrogen) atoms. The Balaban J connectivity index is 1.49. The van der Waals surface area contributed by atoms with Gasteiger partial charge in [-0.1, -0.05) is 12.8 Å². The highest BCUT2D eigenvalue weighted by atomic mass is 16.1. The molecule has 1 saturated carbocycles. The van der Waals surface area contributed by atoms with E-state index in [-0.39, 0.29) is 17.2 Å². The Labute approximate surface area is 191 Å². The van der Waals surface area contributed by atoms with Gasteiger partial charge in [-0.2, -0.15) is 10.2 Å². The normalized spacial score (nSPS) is 14.4. The molecule has 9 heteroatoms. The Hall–Kier alpha value is -3.77. The first-order valence-corrected chi connectivity index (χ1v) is 11.2. The van der Waals surface area contributed by atoms with Crippen LogP contribution in [0.15, 0.2) is 41.5 Å². The number of anilines is 2. The molecule has 0 saturated heterocycles. The van der Waals surface area contributed by atoms with E-state index in [2.05, 4.69) is 38.8 Å². The van der Waals surface area contributed by atoms with Crippen LogP contribution in [0.4, 0.5) is 11.8 Å². The fraction of sp³-hybridized carbons (Fsp3) is 0.375. The topological polar surface area (TPSA) is 105 Å². The average molecular weight is 443 g/mol. The lowest BCUT2D eigenvalue weighted by atomic mass is 10.2. The van der Waals surface area contributed by atoms with Gasteiger partial charge in [0.05, 0.1) is 11.0 Å². The van der Waals surface area contributed by atoms with Gasteiger partial charge in [-0.3, -0.25) is 9.36 Å². The van der Waals surface area contributed by atoms with Crippen LogP contribution < -0.4 is 10.9 Å². The van der Waals surface area contributed by atoms with Crippen LogP contribution in [-0.4, -0.2) is 49.6 Å². The number of nitrogens with one attached hydrogen (secondary N) is 1. The van der Waals surface area contributed by atoms with Crippen LogP contribution >= 0.6 is 0 Å². The first kappa shape index (κ1) is 21.1. The molecule has 0 radical (unpaired) electrons. The fourth-order valence-corrected chi connectivity index (χ4v) is 4.52. The van der Waals surface area contributed by atoms with Crippen LogP contribution in [-0.2, 0) is 6.54 Å². The number of rotatable bonds is 6. The molecule has 4 aromatic heterocycles. The summed E-state index contributed by atoms with van der Waals surface area (Å²) in [6.45, 7) is 1.84. The van der Waals surface area contributed by atoms with Gasteiger partial charge in [-0.15, -0.1) is 0 Å². The molecule has 1 fully saturated rings. The third-order valence-electron chi connectivity index (χ3n) is 6.24. The van der Waals surface area contributed by atoms with E-state index in [1.54, 1.807) is 16.8 Å². The van der Waals surface area contributed by atoms with Crippen molar-refractivity contribution in [2.45, 2.75) is 38.3 Å². The summed E-state index contributed by atoms with van der Waals surface area (Å²) in [4.78, 5) is 28.9. The van der Waals surface area contributed by atoms with Crippen LogP contribution in [0.25, 0.3) is 22.1 Å². The molecule has 4 heterocycles. The molecular formula is C24H26N8O. The van der Waals surface area contributed by atoms with Crippen molar-refractivity contribution in [3.63, 3.8) is 0 Å². The van der Waals surface area contributed by atoms with Gasteiger partial charge in [-0.25, -0.2) is 9.97 Å². The van der Waals surface area contributed by atoms with Crippen molar-refractivity contribution in [3.05, 3.63) is 52.6 Å². The van der Waals surface area contributed by atoms with Gasteiger partial charge in [0, 0.05) is 36.9 Å². The average Bonchev–Trinajstić information content (AvgIpc) is 3.47. The van der Waals surface area contributed by atoms with E-state index in [0.29, 0.717) is 22.8 Å². The van der Waals surface area contributed by atoms with Gasteiger partial charge >= 0.3 is 0 Å². The Morgan fingerprint density at radius 3 is 2.79 bits per heavy atom. The standard InChI is InChI=1S/C24H26N8O/c1-30(2)11-12-31-10-9-19-20(31)7-8-21(27-19)28-24-26-15-17-13-16(14-25)23(33)32(22(17)29-24)18-5-3-4-6-18/h7-10,13,15,18H,3-6,11-12H2,1-2H3,(H,26,27,28,29). The number of pyridine rings is 2. The van der Waals surface area contributed by atoms with Gasteiger partial charge in [0.25, 0.3) is 5.56 Å². The zero-order chi connectivity index (χ0) is 22.9. The van der Waals surface area contributed by atoms with Crippen LogP contribution in [0.5, 0.6) is 0 Å². The summed E-state index contributed by atoms with van der Waals surface area (Å²) in [6, 6.07) is 9.60. The van der Waals surface area contributed by atoms with E-state index in [9.17, 15) is 10.1 Å². The number of hydrogen-bond donors (Lipinski definition) is 1. The molecule has 0 amide bonds. The van der Waals surface area contributed by atoms with Gasteiger partial charge < -0.3 is 14.8 Å². The molecule has 1 N–H and O–H groups in total. The highest BCUT2D eigenvalue weighted by Crippen LogP contribution is 2.31. The van der Waals surface area contributed by atoms with Crippen molar-refractivity contribution >= 4 is 33.8 Å². The number of fused-ring (bicyclic) bond motifs is 2. The Bertz CT molecular complexity index is 1420. The lowest BCUT2D eigenvalue weighted by molar-refractivity contribution is 0.387. The minimum atomic E-state index is -0.278. The second-order valence-corrected chi connectivity index (χ2v) is 8.79. The first-order chi connectivity index (χ1) is 16.0. The molecule has 0 aromatic carbocycles. The number of hydrogen-bond acceptors (Lipinski definition) is 7. The lowest BCUT2D eigenvalue weighted by Crippen LogP contribution is -2.26. The molecule has 4 aromatic rings. The predicted octanol–water partition coefficient (Wildman–Crippen LogP) is 3.43. The SMILES string of the molecule is CN(C)CCn1ccc2nc(Nc3ncc4cc(C#N)c(=O)n(C5CCCC5)c4n3)ccc21. The quantitative estimate of drug-likeness (QED) is 0.488. The molecule has 5 rings (SSSR count). The zero-order valence-corrected chi connectivity index (χ0v) is 18.8. The maximum absolute atomic E-state index is 13.0. The molecule has 0 aliphatic heterocycles. The van der Waals surface area contributed by atoms with Crippen molar-refractivity contribution in [2.24, 2.45) is 0 Å². The van der Waals surface area contributed by atoms with Crippen molar-refractivity contribution < 1.29 is 0 Å². The lowest BCUT2D eigenvalue weighted by Gasteiger charge is -2.17. The third-order valence-corrected chi connectivity index (χ3v) is 6.24. The molecule has 0 bridgehead atoms. The molecule has 0 atom stereocenters. The summed E-state index contributed by atoms with van der Waals surface area (Å²) in [5, 5.41) is 13.3. The van der Waals surface area contributed by atoms with Crippen LogP contribution in [0.3, 0.4) is 0 Å². The zero-order valence-electron chi connectivity index (χ0n) is 18.8. The van der Waals surface area contributed by atoms with Crippen molar-refractivity contribution in [1.29, 1.82) is 5.26 Å². The highest BCUT2D eigenvalue weighted by molar-refractivity contribution is 5.79. The summed E-state index contributed by atoms with van der Waals surface area (Å²) < 4.78 is 3.88. The molecular weight excluding hydrogens is 416 g/mol. The maximum Gasteiger partial charge on any atom is 0.270 e. The summed E-state index contributed by atoms with van der Waals surface area (Å²) in [6.07, 6.45) is 7.68. The van der Waals surface area contributed by atoms with Gasteiger partial charge in [0.15, 0.2) is 0 Å². The summed E-state index contributed by atoms with van der Waals surface area (Å²) in [5.74, 6) is 1.01. The summed E-state index contributed by atoms with van der Waals surface area (Å²) >= 11 is 0. The van der Waals surface area contributed by atoms with Crippen LogP contribution in [0, 0.1) is 11.3 Å². The third kappa shape index (κ3) is 4.05. The maximum atomic E-state index is 13.0. The van der Waals surface area contributed by atoms with E-state index >= 15 is 0 Å². The number of nitrogens with zero attached hydrogens (tertiary/aromatic N) is 7. The molecule has 1 aliphatic carbocycles. The molecule has 1 aliphatic rings. The second kappa shape index (κ2) is 8.64. The largest absolute Gasteiger partial charge is 0.345 e. The van der Waals surface area contributed by atoms with Crippen molar-refractivity contribution in [2.75, 3.05) is 26.0 Å². The van der Waals surface area contributed by atoms with Crippen molar-refractivity contribution in [1.82, 2.24) is 29.0 Å². The van der Waals surface area contributed by atoms with E-state index in [1.165, 1.54) is 0 Å². The predicted molar refractivity (Wildman–Crippen MR) is 128 cm³/mol. The van der Waals surface area contributed by atoms with E-state index < -0.39 is 0 Å². The van der Waals surface area contributed by atoms with Gasteiger partial charge in [0.2, 0.25) is 5.95 Å². The highest BCUT2D eigenvalue weighted by Gasteiger charge is 2.22. The summed E-state index contributed by atoms with van der Waals surface area (Å²) in [7, 11) is 4.12. The molecule has 9 nitrogen and oxygen atoms in total. The van der Waals surface area contributed by atoms with Gasteiger partial charge in [-0.05, 0) is 51.2 Å². The number of nitriles is 1. The number of likely N-dealkylation sites (N-methyl/N-ethyl adjacent to an activating group) is 1. The van der Waals surface area contributed by atoms with E-state index in [4.69, 9.17) is 4.98 Å². The van der Waals surface area contributed by atoms with E-state index in [1.807, 2.05) is 30.5 Å². The van der Waals surface area contributed by atoms with Gasteiger partial charge in [0.1, 0.15) is 23.1 Å². The Morgan fingerprint density at radius 2 is 2.03 bits per heavy atom. The second-order valence-electron chi connectivity index (χ2n) is 8.79. The molecule has 0 unspecified atom stereocenters.